The quantitative estimate of drug-likeness (QED) is 0.478. The second kappa shape index (κ2) is 8.82. The summed E-state index contributed by atoms with van der Waals surface area (Å²) in [6.07, 6.45) is 1.21. The third-order valence-corrected chi connectivity index (χ3v) is 5.14. The van der Waals surface area contributed by atoms with Crippen LogP contribution in [0.2, 0.25) is 5.02 Å². The molecule has 4 aromatic rings. The smallest absolute Gasteiger partial charge is 0.249 e. The molecule has 0 aliphatic heterocycles. The average Bonchev–Trinajstić information content (AvgIpc) is 2.80. The van der Waals surface area contributed by atoms with Crippen molar-refractivity contribution in [3.05, 3.63) is 105 Å². The van der Waals surface area contributed by atoms with Crippen molar-refractivity contribution in [3.63, 3.8) is 0 Å². The Hall–Kier alpha value is -3.95. The molecule has 31 heavy (non-hydrogen) atoms. The molecule has 0 saturated carbocycles. The number of nitrogens with zero attached hydrogens (tertiary/aromatic N) is 4. The molecule has 0 aliphatic carbocycles. The van der Waals surface area contributed by atoms with E-state index in [2.05, 4.69) is 11.2 Å². The van der Waals surface area contributed by atoms with E-state index in [1.165, 1.54) is 15.8 Å². The fourth-order valence-electron chi connectivity index (χ4n) is 3.40. The number of aromatic nitrogens is 2. The number of nitriles is 1. The molecule has 0 unspecified atom stereocenters. The molecule has 1 amide bonds. The molecule has 7 heteroatoms. The van der Waals surface area contributed by atoms with Gasteiger partial charge in [-0.05, 0) is 35.9 Å². The molecule has 1 heterocycles. The van der Waals surface area contributed by atoms with Crippen LogP contribution in [0.25, 0.3) is 10.9 Å². The average molecular weight is 429 g/mol. The molecule has 4 rings (SSSR count). The maximum Gasteiger partial charge on any atom is 0.249 e. The first-order valence-corrected chi connectivity index (χ1v) is 9.93. The highest BCUT2D eigenvalue weighted by Crippen LogP contribution is 2.27. The van der Waals surface area contributed by atoms with E-state index in [1.807, 2.05) is 30.3 Å². The van der Waals surface area contributed by atoms with Crippen LogP contribution in [0, 0.1) is 11.3 Å². The highest BCUT2D eigenvalue weighted by molar-refractivity contribution is 6.31. The van der Waals surface area contributed by atoms with Crippen LogP contribution >= 0.6 is 11.6 Å². The molecule has 3 aromatic carbocycles. The van der Waals surface area contributed by atoms with Crippen LogP contribution in [-0.4, -0.2) is 15.7 Å². The van der Waals surface area contributed by atoms with Crippen LogP contribution in [-0.2, 0) is 17.9 Å². The lowest BCUT2D eigenvalue weighted by molar-refractivity contribution is -0.119. The molecule has 0 spiro atoms. The van der Waals surface area contributed by atoms with Crippen molar-refractivity contribution in [2.24, 2.45) is 0 Å². The highest BCUT2D eigenvalue weighted by Gasteiger charge is 2.21. The third kappa shape index (κ3) is 4.32. The predicted molar refractivity (Wildman–Crippen MR) is 120 cm³/mol. The Morgan fingerprint density at radius 1 is 1.06 bits per heavy atom. The standard InChI is InChI=1S/C24H17ClN4O2/c25-19-11-10-18(13-26)22(12-19)28(15-17-6-2-1-3-7-17)24(31)16-29-21-9-5-4-8-20(21)23(30)14-27-29/h1-12,14H,15-16H2. The first-order chi connectivity index (χ1) is 15.1. The van der Waals surface area contributed by atoms with E-state index in [-0.39, 0.29) is 24.4 Å². The lowest BCUT2D eigenvalue weighted by atomic mass is 10.1. The number of para-hydroxylation sites is 1. The van der Waals surface area contributed by atoms with Crippen LogP contribution in [0.15, 0.2) is 83.8 Å². The van der Waals surface area contributed by atoms with Crippen LogP contribution in [0.1, 0.15) is 11.1 Å². The summed E-state index contributed by atoms with van der Waals surface area (Å²) in [4.78, 5) is 27.1. The second-order valence-electron chi connectivity index (χ2n) is 6.92. The van der Waals surface area contributed by atoms with Gasteiger partial charge in [0, 0.05) is 10.4 Å². The fraction of sp³-hybridized carbons (Fsp3) is 0.0833. The van der Waals surface area contributed by atoms with Crippen LogP contribution in [0.4, 0.5) is 5.69 Å². The van der Waals surface area contributed by atoms with Crippen molar-refractivity contribution < 1.29 is 4.79 Å². The molecule has 0 saturated heterocycles. The third-order valence-electron chi connectivity index (χ3n) is 4.90. The largest absolute Gasteiger partial charge is 0.305 e. The number of benzene rings is 3. The number of amides is 1. The first kappa shape index (κ1) is 20.3. The number of fused-ring (bicyclic) bond motifs is 1. The van der Waals surface area contributed by atoms with Gasteiger partial charge in [-0.2, -0.15) is 10.4 Å². The molecule has 0 fully saturated rings. The van der Waals surface area contributed by atoms with Crippen molar-refractivity contribution in [1.29, 1.82) is 5.26 Å². The Bertz CT molecular complexity index is 1360. The van der Waals surface area contributed by atoms with Gasteiger partial charge in [-0.3, -0.25) is 14.3 Å². The molecule has 1 aromatic heterocycles. The van der Waals surface area contributed by atoms with E-state index in [4.69, 9.17) is 11.6 Å². The summed E-state index contributed by atoms with van der Waals surface area (Å²) < 4.78 is 1.49. The normalized spacial score (nSPS) is 10.6. The summed E-state index contributed by atoms with van der Waals surface area (Å²) in [5.74, 6) is -0.288. The monoisotopic (exact) mass is 428 g/mol. The number of hydrogen-bond donors (Lipinski definition) is 0. The number of carbonyl (C=O) groups excluding carboxylic acids is 1. The van der Waals surface area contributed by atoms with Gasteiger partial charge in [0.25, 0.3) is 0 Å². The number of carbonyl (C=O) groups is 1. The minimum Gasteiger partial charge on any atom is -0.305 e. The zero-order chi connectivity index (χ0) is 21.8. The molecule has 0 atom stereocenters. The summed E-state index contributed by atoms with van der Waals surface area (Å²) in [7, 11) is 0. The van der Waals surface area contributed by atoms with E-state index in [9.17, 15) is 14.9 Å². The van der Waals surface area contributed by atoms with Gasteiger partial charge in [-0.1, -0.05) is 54.1 Å². The Morgan fingerprint density at radius 3 is 2.58 bits per heavy atom. The molecule has 152 valence electrons. The number of anilines is 1. The van der Waals surface area contributed by atoms with Crippen molar-refractivity contribution in [2.45, 2.75) is 13.1 Å². The van der Waals surface area contributed by atoms with Crippen LogP contribution in [0.3, 0.4) is 0 Å². The summed E-state index contributed by atoms with van der Waals surface area (Å²) >= 11 is 6.18. The Balaban J connectivity index is 1.77. The van der Waals surface area contributed by atoms with E-state index in [1.54, 1.807) is 42.5 Å². The van der Waals surface area contributed by atoms with Gasteiger partial charge < -0.3 is 4.90 Å². The van der Waals surface area contributed by atoms with E-state index >= 15 is 0 Å². The number of hydrogen-bond acceptors (Lipinski definition) is 4. The van der Waals surface area contributed by atoms with Gasteiger partial charge >= 0.3 is 0 Å². The lowest BCUT2D eigenvalue weighted by Crippen LogP contribution is -2.35. The Kier molecular flexibility index (Phi) is 5.78. The molecule has 0 aliphatic rings. The van der Waals surface area contributed by atoms with Gasteiger partial charge in [0.2, 0.25) is 11.3 Å². The number of rotatable bonds is 5. The van der Waals surface area contributed by atoms with Crippen molar-refractivity contribution in [1.82, 2.24) is 9.78 Å². The SMILES string of the molecule is N#Cc1ccc(Cl)cc1N(Cc1ccccc1)C(=O)Cn1ncc(=O)c2ccccc21. The van der Waals surface area contributed by atoms with Gasteiger partial charge in [0.1, 0.15) is 12.6 Å². The Labute approximate surface area is 183 Å². The summed E-state index contributed by atoms with van der Waals surface area (Å²) in [5.41, 5.74) is 2.02. The van der Waals surface area contributed by atoms with Crippen molar-refractivity contribution in [2.75, 3.05) is 4.90 Å². The molecule has 0 N–H and O–H groups in total. The van der Waals surface area contributed by atoms with Gasteiger partial charge in [0.15, 0.2) is 0 Å². The van der Waals surface area contributed by atoms with E-state index < -0.39 is 0 Å². The topological polar surface area (TPSA) is 79.0 Å². The Morgan fingerprint density at radius 2 is 1.81 bits per heavy atom. The minimum absolute atomic E-state index is 0.106. The van der Waals surface area contributed by atoms with Gasteiger partial charge in [-0.25, -0.2) is 0 Å². The van der Waals surface area contributed by atoms with Gasteiger partial charge in [0.05, 0.1) is 29.5 Å². The minimum atomic E-state index is -0.288. The highest BCUT2D eigenvalue weighted by atomic mass is 35.5. The predicted octanol–water partition coefficient (Wildman–Crippen LogP) is 4.15. The second-order valence-corrected chi connectivity index (χ2v) is 7.36. The summed E-state index contributed by atoms with van der Waals surface area (Å²) in [6.45, 7) is 0.151. The molecule has 0 bridgehead atoms. The van der Waals surface area contributed by atoms with E-state index in [0.717, 1.165) is 5.56 Å². The summed E-state index contributed by atoms with van der Waals surface area (Å²) in [5, 5.41) is 14.6. The van der Waals surface area contributed by atoms with Crippen LogP contribution < -0.4 is 10.3 Å². The van der Waals surface area contributed by atoms with Crippen molar-refractivity contribution in [3.8, 4) is 6.07 Å². The lowest BCUT2D eigenvalue weighted by Gasteiger charge is -2.25. The summed E-state index contributed by atoms with van der Waals surface area (Å²) in [6, 6.07) is 23.4. The first-order valence-electron chi connectivity index (χ1n) is 9.55. The van der Waals surface area contributed by atoms with Crippen LogP contribution in [0.5, 0.6) is 0 Å². The molecule has 0 radical (unpaired) electrons. The zero-order valence-corrected chi connectivity index (χ0v) is 17.2. The zero-order valence-electron chi connectivity index (χ0n) is 16.4. The van der Waals surface area contributed by atoms with Gasteiger partial charge in [-0.15, -0.1) is 0 Å². The maximum atomic E-state index is 13.5. The molecular formula is C24H17ClN4O2. The van der Waals surface area contributed by atoms with Crippen molar-refractivity contribution >= 4 is 34.1 Å². The molecule has 6 nitrogen and oxygen atoms in total. The molecular weight excluding hydrogens is 412 g/mol. The van der Waals surface area contributed by atoms with E-state index in [0.29, 0.717) is 27.2 Å². The number of halogens is 1. The maximum absolute atomic E-state index is 13.5. The fourth-order valence-corrected chi connectivity index (χ4v) is 3.56.